The molecule has 0 nitrogen and oxygen atoms in total. The van der Waals surface area contributed by atoms with Crippen molar-refractivity contribution in [3.05, 3.63) is 169 Å². The fourth-order valence-electron chi connectivity index (χ4n) is 8.39. The SMILES string of the molecule is CC1(C)c2ccccc2-c2cc3ccc(-c4ccc(-c5ccc6ccc7c(-c8ccccc8)ccc8ccc5c6c87)cc4)cc3cc21. The highest BCUT2D eigenvalue weighted by molar-refractivity contribution is 6.27. The van der Waals surface area contributed by atoms with Crippen LogP contribution in [0.5, 0.6) is 0 Å². The molecule has 0 spiro atoms. The molecule has 1 aliphatic carbocycles. The van der Waals surface area contributed by atoms with Crippen molar-refractivity contribution >= 4 is 43.1 Å². The average Bonchev–Trinajstić information content (AvgIpc) is 3.35. The Bertz CT molecular complexity index is 2670. The van der Waals surface area contributed by atoms with Crippen molar-refractivity contribution in [1.82, 2.24) is 0 Å². The van der Waals surface area contributed by atoms with Gasteiger partial charge in [-0.2, -0.15) is 0 Å². The van der Waals surface area contributed by atoms with E-state index in [1.54, 1.807) is 0 Å². The van der Waals surface area contributed by atoms with Crippen LogP contribution in [-0.4, -0.2) is 0 Å². The highest BCUT2D eigenvalue weighted by Gasteiger charge is 2.35. The summed E-state index contributed by atoms with van der Waals surface area (Å²) in [5.41, 5.74) is 13.1. The van der Waals surface area contributed by atoms with E-state index in [9.17, 15) is 0 Å². The maximum Gasteiger partial charge on any atom is 0.0159 e. The summed E-state index contributed by atoms with van der Waals surface area (Å²) in [5.74, 6) is 0. The first-order valence-electron chi connectivity index (χ1n) is 16.6. The van der Waals surface area contributed by atoms with Crippen molar-refractivity contribution < 1.29 is 0 Å². The molecule has 9 aromatic rings. The molecule has 9 aromatic carbocycles. The summed E-state index contributed by atoms with van der Waals surface area (Å²) in [7, 11) is 0. The Morgan fingerprint density at radius 3 is 1.57 bits per heavy atom. The largest absolute Gasteiger partial charge is 0.0622 e. The van der Waals surface area contributed by atoms with Crippen LogP contribution in [0.15, 0.2) is 158 Å². The molecule has 0 bridgehead atoms. The van der Waals surface area contributed by atoms with Gasteiger partial charge in [0.25, 0.3) is 0 Å². The molecule has 0 amide bonds. The minimum Gasteiger partial charge on any atom is -0.0622 e. The van der Waals surface area contributed by atoms with Gasteiger partial charge in [-0.1, -0.05) is 153 Å². The molecule has 10 rings (SSSR count). The van der Waals surface area contributed by atoms with Gasteiger partial charge in [-0.3, -0.25) is 0 Å². The van der Waals surface area contributed by atoms with Crippen molar-refractivity contribution in [3.63, 3.8) is 0 Å². The third-order valence-corrected chi connectivity index (χ3v) is 10.8. The lowest BCUT2D eigenvalue weighted by molar-refractivity contribution is 0.661. The summed E-state index contributed by atoms with van der Waals surface area (Å²) in [6, 6.07) is 58.9. The smallest absolute Gasteiger partial charge is 0.0159 e. The van der Waals surface area contributed by atoms with E-state index in [2.05, 4.69) is 172 Å². The Labute approximate surface area is 274 Å². The number of hydrogen-bond acceptors (Lipinski definition) is 0. The Hall–Kier alpha value is -5.72. The summed E-state index contributed by atoms with van der Waals surface area (Å²) < 4.78 is 0. The van der Waals surface area contributed by atoms with Gasteiger partial charge in [0.15, 0.2) is 0 Å². The topological polar surface area (TPSA) is 0 Å². The van der Waals surface area contributed by atoms with Crippen LogP contribution >= 0.6 is 0 Å². The van der Waals surface area contributed by atoms with Crippen LogP contribution in [0.3, 0.4) is 0 Å². The zero-order chi connectivity index (χ0) is 31.3. The van der Waals surface area contributed by atoms with Crippen LogP contribution in [0, 0.1) is 0 Å². The second-order valence-corrected chi connectivity index (χ2v) is 13.7. The van der Waals surface area contributed by atoms with Crippen molar-refractivity contribution in [3.8, 4) is 44.5 Å². The van der Waals surface area contributed by atoms with Crippen LogP contribution in [0.25, 0.3) is 87.6 Å². The van der Waals surface area contributed by atoms with Crippen LogP contribution in [0.2, 0.25) is 0 Å². The third-order valence-electron chi connectivity index (χ3n) is 10.8. The Balaban J connectivity index is 1.06. The van der Waals surface area contributed by atoms with Gasteiger partial charge in [0.2, 0.25) is 0 Å². The van der Waals surface area contributed by atoms with Gasteiger partial charge >= 0.3 is 0 Å². The van der Waals surface area contributed by atoms with Gasteiger partial charge in [0.1, 0.15) is 0 Å². The Morgan fingerprint density at radius 2 is 0.872 bits per heavy atom. The molecule has 0 unspecified atom stereocenters. The van der Waals surface area contributed by atoms with E-state index in [1.165, 1.54) is 98.7 Å². The minimum atomic E-state index is 0.00155. The number of rotatable bonds is 3. The predicted molar refractivity (Wildman–Crippen MR) is 202 cm³/mol. The molecule has 47 heavy (non-hydrogen) atoms. The fourth-order valence-corrected chi connectivity index (χ4v) is 8.39. The van der Waals surface area contributed by atoms with E-state index < -0.39 is 0 Å². The molecule has 0 heterocycles. The molecule has 0 atom stereocenters. The summed E-state index contributed by atoms with van der Waals surface area (Å²) >= 11 is 0. The van der Waals surface area contributed by atoms with Crippen molar-refractivity contribution in [2.24, 2.45) is 0 Å². The first kappa shape index (κ1) is 26.5. The molecule has 0 aromatic heterocycles. The third kappa shape index (κ3) is 3.82. The van der Waals surface area contributed by atoms with Gasteiger partial charge in [-0.05, 0) is 117 Å². The van der Waals surface area contributed by atoms with Crippen LogP contribution in [-0.2, 0) is 5.41 Å². The van der Waals surface area contributed by atoms with Crippen LogP contribution < -0.4 is 0 Å². The first-order chi connectivity index (χ1) is 23.0. The minimum absolute atomic E-state index is 0.00155. The summed E-state index contributed by atoms with van der Waals surface area (Å²) in [6.07, 6.45) is 0. The molecule has 0 N–H and O–H groups in total. The molecular formula is C47H32. The lowest BCUT2D eigenvalue weighted by atomic mass is 9.82. The molecule has 0 aliphatic heterocycles. The second kappa shape index (κ2) is 9.64. The molecule has 0 saturated heterocycles. The summed E-state index contributed by atoms with van der Waals surface area (Å²) in [5, 5.41) is 10.5. The van der Waals surface area contributed by atoms with Gasteiger partial charge in [0.05, 0.1) is 0 Å². The molecule has 0 heteroatoms. The standard InChI is InChI=1S/C47H32/c1-47(2)43-11-7-6-10-39(43)42-27-35-17-16-34(26-36(35)28-44(42)47)29-12-14-31(15-13-29)38-23-19-33-20-24-40-37(30-8-4-3-5-9-30)22-18-32-21-25-41(38)46(33)45(32)40/h3-28H,1-2H3. The van der Waals surface area contributed by atoms with Crippen LogP contribution in [0.4, 0.5) is 0 Å². The molecular weight excluding hydrogens is 565 g/mol. The van der Waals surface area contributed by atoms with E-state index >= 15 is 0 Å². The highest BCUT2D eigenvalue weighted by atomic mass is 14.4. The monoisotopic (exact) mass is 596 g/mol. The van der Waals surface area contributed by atoms with E-state index in [4.69, 9.17) is 0 Å². The zero-order valence-electron chi connectivity index (χ0n) is 26.5. The summed E-state index contributed by atoms with van der Waals surface area (Å²) in [6.45, 7) is 4.71. The lowest BCUT2D eigenvalue weighted by Gasteiger charge is -2.21. The molecule has 0 fully saturated rings. The number of hydrogen-bond donors (Lipinski definition) is 0. The zero-order valence-corrected chi connectivity index (χ0v) is 26.5. The Kier molecular flexibility index (Phi) is 5.44. The van der Waals surface area contributed by atoms with E-state index in [0.29, 0.717) is 0 Å². The normalized spacial score (nSPS) is 13.5. The van der Waals surface area contributed by atoms with E-state index in [-0.39, 0.29) is 5.41 Å². The maximum absolute atomic E-state index is 2.43. The molecule has 1 aliphatic rings. The van der Waals surface area contributed by atoms with Crippen LogP contribution in [0.1, 0.15) is 25.0 Å². The Morgan fingerprint density at radius 1 is 0.319 bits per heavy atom. The molecule has 0 radical (unpaired) electrons. The second-order valence-electron chi connectivity index (χ2n) is 13.7. The van der Waals surface area contributed by atoms with Crippen molar-refractivity contribution in [2.45, 2.75) is 19.3 Å². The van der Waals surface area contributed by atoms with E-state index in [1.807, 2.05) is 0 Å². The maximum atomic E-state index is 2.43. The fraction of sp³-hybridized carbons (Fsp3) is 0.0638. The lowest BCUT2D eigenvalue weighted by Crippen LogP contribution is -2.14. The van der Waals surface area contributed by atoms with Gasteiger partial charge in [0, 0.05) is 5.41 Å². The average molecular weight is 597 g/mol. The predicted octanol–water partition coefficient (Wildman–Crippen LogP) is 13.0. The molecule has 220 valence electrons. The van der Waals surface area contributed by atoms with Gasteiger partial charge < -0.3 is 0 Å². The number of benzene rings is 9. The van der Waals surface area contributed by atoms with Gasteiger partial charge in [-0.25, -0.2) is 0 Å². The van der Waals surface area contributed by atoms with Crippen molar-refractivity contribution in [2.75, 3.05) is 0 Å². The van der Waals surface area contributed by atoms with Crippen molar-refractivity contribution in [1.29, 1.82) is 0 Å². The summed E-state index contributed by atoms with van der Waals surface area (Å²) in [4.78, 5) is 0. The number of fused-ring (bicyclic) bond motifs is 4. The quantitative estimate of drug-likeness (QED) is 0.178. The first-order valence-corrected chi connectivity index (χ1v) is 16.6. The van der Waals surface area contributed by atoms with Gasteiger partial charge in [-0.15, -0.1) is 0 Å². The van der Waals surface area contributed by atoms with E-state index in [0.717, 1.165) is 0 Å². The highest BCUT2D eigenvalue weighted by Crippen LogP contribution is 2.50. The molecule has 0 saturated carbocycles.